The normalized spacial score (nSPS) is 15.5. The summed E-state index contributed by atoms with van der Waals surface area (Å²) in [5.41, 5.74) is -0.720. The molecule has 3 heterocycles. The molecule has 0 radical (unpaired) electrons. The maximum Gasteiger partial charge on any atom is 0.416 e. The van der Waals surface area contributed by atoms with Crippen molar-refractivity contribution in [2.45, 2.75) is 6.18 Å². The van der Waals surface area contributed by atoms with Gasteiger partial charge in [0.2, 0.25) is 5.56 Å². The molecule has 5 rings (SSSR count). The van der Waals surface area contributed by atoms with Gasteiger partial charge in [-0.05, 0) is 36.4 Å². The topological polar surface area (TPSA) is 77.7 Å². The molecule has 2 bridgehead atoms. The van der Waals surface area contributed by atoms with Crippen LogP contribution in [0.15, 0.2) is 53.3 Å². The van der Waals surface area contributed by atoms with Crippen LogP contribution in [0.1, 0.15) is 15.9 Å². The maximum absolute atomic E-state index is 14.0. The van der Waals surface area contributed by atoms with E-state index in [4.69, 9.17) is 4.74 Å². The highest BCUT2D eigenvalue weighted by Gasteiger charge is 2.37. The van der Waals surface area contributed by atoms with Gasteiger partial charge in [-0.1, -0.05) is 0 Å². The van der Waals surface area contributed by atoms with Gasteiger partial charge < -0.3 is 19.9 Å². The Balaban J connectivity index is 1.76. The number of anilines is 4. The van der Waals surface area contributed by atoms with Crippen LogP contribution in [0.2, 0.25) is 0 Å². The molecule has 0 atom stereocenters. The molecule has 2 N–H and O–H groups in total. The zero-order chi connectivity index (χ0) is 23.3. The van der Waals surface area contributed by atoms with E-state index in [1.54, 1.807) is 4.90 Å². The van der Waals surface area contributed by atoms with Crippen molar-refractivity contribution in [1.82, 2.24) is 4.98 Å². The van der Waals surface area contributed by atoms with Crippen LogP contribution < -0.4 is 25.4 Å². The van der Waals surface area contributed by atoms with E-state index in [2.05, 4.69) is 10.3 Å². The summed E-state index contributed by atoms with van der Waals surface area (Å²) < 4.78 is 59.9. The van der Waals surface area contributed by atoms with Crippen molar-refractivity contribution in [3.63, 3.8) is 0 Å². The van der Waals surface area contributed by atoms with E-state index < -0.39 is 29.0 Å². The lowest BCUT2D eigenvalue weighted by molar-refractivity contribution is -0.137. The molecule has 0 fully saturated rings. The lowest BCUT2D eigenvalue weighted by atomic mass is 10.0. The number of H-pyrrole nitrogens is 1. The molecule has 0 saturated carbocycles. The Morgan fingerprint density at radius 3 is 2.45 bits per heavy atom. The highest BCUT2D eigenvalue weighted by molar-refractivity contribution is 6.13. The Kier molecular flexibility index (Phi) is 4.76. The van der Waals surface area contributed by atoms with E-state index in [9.17, 15) is 27.2 Å². The van der Waals surface area contributed by atoms with Gasteiger partial charge in [0.25, 0.3) is 5.91 Å². The Hall–Kier alpha value is -4.02. The molecule has 2 aliphatic rings. The molecule has 0 saturated heterocycles. The second-order valence-electron chi connectivity index (χ2n) is 7.50. The van der Waals surface area contributed by atoms with Crippen LogP contribution in [0.25, 0.3) is 0 Å². The number of amides is 1. The first-order valence-corrected chi connectivity index (χ1v) is 9.92. The Labute approximate surface area is 184 Å². The number of fused-ring (bicyclic) bond motifs is 8. The quantitative estimate of drug-likeness (QED) is 0.494. The fourth-order valence-corrected chi connectivity index (χ4v) is 3.93. The Bertz CT molecular complexity index is 1320. The number of benzene rings is 2. The van der Waals surface area contributed by atoms with Gasteiger partial charge in [-0.15, -0.1) is 0 Å². The highest BCUT2D eigenvalue weighted by atomic mass is 19.4. The van der Waals surface area contributed by atoms with Gasteiger partial charge in [0.1, 0.15) is 30.7 Å². The molecule has 0 aliphatic carbocycles. The third-order valence-corrected chi connectivity index (χ3v) is 5.43. The second kappa shape index (κ2) is 7.54. The number of rotatable bonds is 0. The van der Waals surface area contributed by atoms with Crippen molar-refractivity contribution in [1.29, 1.82) is 0 Å². The number of halogens is 4. The van der Waals surface area contributed by atoms with Crippen LogP contribution in [0, 0.1) is 5.82 Å². The summed E-state index contributed by atoms with van der Waals surface area (Å²) in [5, 5.41) is 2.96. The summed E-state index contributed by atoms with van der Waals surface area (Å²) in [7, 11) is 0. The molecule has 0 unspecified atom stereocenters. The molecule has 170 valence electrons. The zero-order valence-electron chi connectivity index (χ0n) is 16.9. The van der Waals surface area contributed by atoms with Crippen LogP contribution in [-0.4, -0.2) is 30.7 Å². The summed E-state index contributed by atoms with van der Waals surface area (Å²) in [6.45, 7) is 0.185. The molecule has 1 amide bonds. The van der Waals surface area contributed by atoms with E-state index in [1.807, 2.05) is 0 Å². The van der Waals surface area contributed by atoms with Crippen molar-refractivity contribution in [3.8, 4) is 5.75 Å². The maximum atomic E-state index is 14.0. The number of carbonyl (C=O) groups is 1. The third-order valence-electron chi connectivity index (χ3n) is 5.43. The third kappa shape index (κ3) is 3.65. The summed E-state index contributed by atoms with van der Waals surface area (Å²) >= 11 is 0. The standard InChI is InChI=1S/C22H16F4N4O3/c23-13-2-4-16-18(10-13)33-8-7-27-20-17(5-6-19(31)28-20)30-11-29(16)15-3-1-12(22(24,25)26)9-14(15)21(30)32/h1-6,9-10H,7-8,11H2,(H2,27,28,31). The van der Waals surface area contributed by atoms with Crippen LogP contribution in [0.5, 0.6) is 5.75 Å². The van der Waals surface area contributed by atoms with Crippen molar-refractivity contribution in [3.05, 3.63) is 75.8 Å². The number of nitrogens with one attached hydrogen (secondary N) is 2. The first-order valence-electron chi connectivity index (χ1n) is 9.92. The largest absolute Gasteiger partial charge is 0.489 e. The van der Waals surface area contributed by atoms with Crippen LogP contribution in [0.3, 0.4) is 0 Å². The predicted octanol–water partition coefficient (Wildman–Crippen LogP) is 4.09. The molecule has 7 nitrogen and oxygen atoms in total. The minimum atomic E-state index is -4.65. The minimum absolute atomic E-state index is 0.0917. The van der Waals surface area contributed by atoms with Crippen LogP contribution in [-0.2, 0) is 6.18 Å². The number of hydrogen-bond acceptors (Lipinski definition) is 5. The SMILES string of the molecule is O=C1c2cc(C(F)(F)F)ccc2N2CN1c1ccc(=O)[nH]c1NCCOc1cc(F)ccc12. The number of aromatic nitrogens is 1. The number of carbonyl (C=O) groups excluding carboxylic acids is 1. The molecule has 33 heavy (non-hydrogen) atoms. The molecule has 3 aromatic rings. The van der Waals surface area contributed by atoms with Gasteiger partial charge in [-0.25, -0.2) is 4.39 Å². The number of aromatic amines is 1. The lowest BCUT2D eigenvalue weighted by Gasteiger charge is -2.39. The van der Waals surface area contributed by atoms with Gasteiger partial charge in [-0.2, -0.15) is 13.2 Å². The van der Waals surface area contributed by atoms with E-state index >= 15 is 0 Å². The Morgan fingerprint density at radius 1 is 0.909 bits per heavy atom. The van der Waals surface area contributed by atoms with Crippen LogP contribution in [0.4, 0.5) is 40.4 Å². The first-order chi connectivity index (χ1) is 15.7. The average molecular weight is 460 g/mol. The van der Waals surface area contributed by atoms with E-state index in [0.29, 0.717) is 5.69 Å². The molecular formula is C22H16F4N4O3. The smallest absolute Gasteiger partial charge is 0.416 e. The number of pyridine rings is 1. The summed E-state index contributed by atoms with van der Waals surface area (Å²) in [6, 6.07) is 9.36. The van der Waals surface area contributed by atoms with Crippen molar-refractivity contribution >= 4 is 28.8 Å². The number of alkyl halides is 3. The summed E-state index contributed by atoms with van der Waals surface area (Å²) in [6.07, 6.45) is -4.65. The fourth-order valence-electron chi connectivity index (χ4n) is 3.93. The van der Waals surface area contributed by atoms with Crippen molar-refractivity contribution in [2.75, 3.05) is 34.9 Å². The van der Waals surface area contributed by atoms with E-state index in [-0.39, 0.29) is 48.3 Å². The van der Waals surface area contributed by atoms with Gasteiger partial charge in [0.05, 0.1) is 34.7 Å². The fraction of sp³-hybridized carbons (Fsp3) is 0.182. The second-order valence-corrected chi connectivity index (χ2v) is 7.50. The van der Waals surface area contributed by atoms with Crippen LogP contribution >= 0.6 is 0 Å². The number of ether oxygens (including phenoxy) is 1. The zero-order valence-corrected chi connectivity index (χ0v) is 16.9. The summed E-state index contributed by atoms with van der Waals surface area (Å²) in [5.74, 6) is -0.851. The molecule has 1 aromatic heterocycles. The van der Waals surface area contributed by atoms with Gasteiger partial charge in [0, 0.05) is 12.1 Å². The molecule has 0 spiro atoms. The molecule has 2 aliphatic heterocycles. The van der Waals surface area contributed by atoms with Crippen molar-refractivity contribution < 1.29 is 27.1 Å². The van der Waals surface area contributed by atoms with Crippen molar-refractivity contribution in [2.24, 2.45) is 0 Å². The Morgan fingerprint density at radius 2 is 1.67 bits per heavy atom. The van der Waals surface area contributed by atoms with E-state index in [0.717, 1.165) is 12.1 Å². The number of hydrogen-bond donors (Lipinski definition) is 2. The van der Waals surface area contributed by atoms with Gasteiger partial charge >= 0.3 is 6.18 Å². The molecule has 11 heteroatoms. The highest BCUT2D eigenvalue weighted by Crippen LogP contribution is 2.43. The summed E-state index contributed by atoms with van der Waals surface area (Å²) in [4.78, 5) is 30.7. The predicted molar refractivity (Wildman–Crippen MR) is 113 cm³/mol. The minimum Gasteiger partial charge on any atom is -0.489 e. The average Bonchev–Trinajstić information content (AvgIpc) is 2.79. The van der Waals surface area contributed by atoms with E-state index in [1.165, 1.54) is 41.3 Å². The molecule has 2 aromatic carbocycles. The first kappa shape index (κ1) is 20.9. The monoisotopic (exact) mass is 460 g/mol. The lowest BCUT2D eigenvalue weighted by Crippen LogP contribution is -2.45. The molecular weight excluding hydrogens is 444 g/mol. The van der Waals surface area contributed by atoms with Gasteiger partial charge in [-0.3, -0.25) is 14.5 Å². The van der Waals surface area contributed by atoms with Gasteiger partial charge in [0.15, 0.2) is 0 Å². The number of nitrogens with zero attached hydrogens (tertiary/aromatic N) is 2.